The van der Waals surface area contributed by atoms with Crippen molar-refractivity contribution in [2.24, 2.45) is 0 Å². The van der Waals surface area contributed by atoms with E-state index in [1.165, 1.54) is 26.3 Å². The Morgan fingerprint density at radius 3 is 2.37 bits per heavy atom. The van der Waals surface area contributed by atoms with Gasteiger partial charge >= 0.3 is 0 Å². The van der Waals surface area contributed by atoms with E-state index in [0.29, 0.717) is 5.69 Å². The van der Waals surface area contributed by atoms with E-state index in [-0.39, 0.29) is 17.2 Å². The molecule has 0 radical (unpaired) electrons. The Balaban J connectivity index is 1.73. The van der Waals surface area contributed by atoms with Crippen LogP contribution in [-0.2, 0) is 26.1 Å². The molecular formula is C20H20N2O4S. The maximum Gasteiger partial charge on any atom is 0.264 e. The monoisotopic (exact) mass is 384 g/mol. The lowest BCUT2D eigenvalue weighted by Crippen LogP contribution is -2.25. The van der Waals surface area contributed by atoms with Crippen LogP contribution in [0.1, 0.15) is 5.56 Å². The van der Waals surface area contributed by atoms with Crippen molar-refractivity contribution in [2.75, 3.05) is 19.5 Å². The Morgan fingerprint density at radius 1 is 1.00 bits per heavy atom. The van der Waals surface area contributed by atoms with Crippen LogP contribution in [0.2, 0.25) is 0 Å². The molecule has 0 aliphatic heterocycles. The van der Waals surface area contributed by atoms with E-state index in [1.807, 2.05) is 42.5 Å². The van der Waals surface area contributed by atoms with Gasteiger partial charge in [0.1, 0.15) is 0 Å². The average Bonchev–Trinajstić information content (AvgIpc) is 2.68. The van der Waals surface area contributed by atoms with Crippen molar-refractivity contribution in [3.8, 4) is 0 Å². The summed E-state index contributed by atoms with van der Waals surface area (Å²) >= 11 is 0. The first-order chi connectivity index (χ1) is 12.9. The summed E-state index contributed by atoms with van der Waals surface area (Å²) in [6, 6.07) is 19.7. The topological polar surface area (TPSA) is 75.7 Å². The number of carbonyl (C=O) groups is 1. The van der Waals surface area contributed by atoms with Crippen molar-refractivity contribution in [2.45, 2.75) is 11.3 Å². The van der Waals surface area contributed by atoms with Crippen LogP contribution in [0.15, 0.2) is 71.6 Å². The van der Waals surface area contributed by atoms with Crippen LogP contribution in [0.5, 0.6) is 0 Å². The number of nitrogens with zero attached hydrogens (tertiary/aromatic N) is 1. The van der Waals surface area contributed by atoms with E-state index in [1.54, 1.807) is 12.1 Å². The van der Waals surface area contributed by atoms with Gasteiger partial charge in [-0.3, -0.25) is 9.63 Å². The first kappa shape index (κ1) is 19.0. The summed E-state index contributed by atoms with van der Waals surface area (Å²) in [5.41, 5.74) is 1.46. The summed E-state index contributed by atoms with van der Waals surface area (Å²) in [5, 5.41) is 4.92. The Hall–Kier alpha value is -2.74. The SMILES string of the molecule is CON(C)S(=O)(=O)c1ccc(NC(=O)Cc2cccc3ccccc23)cc1. The number of benzene rings is 3. The van der Waals surface area contributed by atoms with Gasteiger partial charge in [0, 0.05) is 12.7 Å². The molecular weight excluding hydrogens is 364 g/mol. The highest BCUT2D eigenvalue weighted by molar-refractivity contribution is 7.89. The zero-order chi connectivity index (χ0) is 19.4. The molecule has 0 saturated heterocycles. The van der Waals surface area contributed by atoms with Crippen molar-refractivity contribution < 1.29 is 18.0 Å². The van der Waals surface area contributed by atoms with Gasteiger partial charge in [-0.25, -0.2) is 8.42 Å². The number of anilines is 1. The zero-order valence-corrected chi connectivity index (χ0v) is 15.9. The van der Waals surface area contributed by atoms with Gasteiger partial charge in [-0.2, -0.15) is 0 Å². The average molecular weight is 384 g/mol. The lowest BCUT2D eigenvalue weighted by Gasteiger charge is -2.14. The van der Waals surface area contributed by atoms with Crippen LogP contribution in [0.4, 0.5) is 5.69 Å². The molecule has 140 valence electrons. The van der Waals surface area contributed by atoms with Gasteiger partial charge in [0.15, 0.2) is 0 Å². The Morgan fingerprint density at radius 2 is 1.67 bits per heavy atom. The van der Waals surface area contributed by atoms with Crippen LogP contribution in [0, 0.1) is 0 Å². The maximum atomic E-state index is 12.4. The molecule has 0 spiro atoms. The van der Waals surface area contributed by atoms with Crippen molar-refractivity contribution in [3.05, 3.63) is 72.3 Å². The van der Waals surface area contributed by atoms with Crippen LogP contribution in [0.3, 0.4) is 0 Å². The normalized spacial score (nSPS) is 11.7. The van der Waals surface area contributed by atoms with Gasteiger partial charge in [-0.15, -0.1) is 0 Å². The van der Waals surface area contributed by atoms with E-state index >= 15 is 0 Å². The van der Waals surface area contributed by atoms with Gasteiger partial charge in [0.25, 0.3) is 10.0 Å². The van der Waals surface area contributed by atoms with Crippen molar-refractivity contribution in [1.29, 1.82) is 0 Å². The van der Waals surface area contributed by atoms with Crippen molar-refractivity contribution >= 4 is 32.4 Å². The molecule has 0 bridgehead atoms. The molecule has 0 aliphatic rings. The van der Waals surface area contributed by atoms with Gasteiger partial charge in [-0.05, 0) is 40.6 Å². The molecule has 0 unspecified atom stereocenters. The van der Waals surface area contributed by atoms with Crippen LogP contribution in [-0.4, -0.2) is 33.0 Å². The first-order valence-corrected chi connectivity index (χ1v) is 9.75. The highest BCUT2D eigenvalue weighted by Gasteiger charge is 2.20. The Labute approximate surface area is 158 Å². The minimum Gasteiger partial charge on any atom is -0.326 e. The fourth-order valence-electron chi connectivity index (χ4n) is 2.78. The molecule has 27 heavy (non-hydrogen) atoms. The second-order valence-electron chi connectivity index (χ2n) is 5.98. The van der Waals surface area contributed by atoms with Crippen LogP contribution >= 0.6 is 0 Å². The van der Waals surface area contributed by atoms with Crippen LogP contribution < -0.4 is 5.32 Å². The molecule has 1 N–H and O–H groups in total. The molecule has 0 fully saturated rings. The minimum absolute atomic E-state index is 0.0823. The molecule has 0 atom stereocenters. The van der Waals surface area contributed by atoms with E-state index in [9.17, 15) is 13.2 Å². The highest BCUT2D eigenvalue weighted by Crippen LogP contribution is 2.20. The minimum atomic E-state index is -3.71. The van der Waals surface area contributed by atoms with Crippen molar-refractivity contribution in [1.82, 2.24) is 4.47 Å². The van der Waals surface area contributed by atoms with E-state index in [4.69, 9.17) is 4.84 Å². The lowest BCUT2D eigenvalue weighted by atomic mass is 10.0. The smallest absolute Gasteiger partial charge is 0.264 e. The predicted octanol–water partition coefficient (Wildman–Crippen LogP) is 3.20. The van der Waals surface area contributed by atoms with Gasteiger partial charge in [0.2, 0.25) is 5.91 Å². The summed E-state index contributed by atoms with van der Waals surface area (Å²) < 4.78 is 25.1. The molecule has 0 saturated carbocycles. The summed E-state index contributed by atoms with van der Waals surface area (Å²) in [6.07, 6.45) is 0.230. The maximum absolute atomic E-state index is 12.4. The zero-order valence-electron chi connectivity index (χ0n) is 15.0. The number of nitrogens with one attached hydrogen (secondary N) is 1. The third-order valence-electron chi connectivity index (χ3n) is 4.26. The number of hydroxylamine groups is 1. The molecule has 3 aromatic rings. The molecule has 0 heterocycles. The number of carbonyl (C=O) groups excluding carboxylic acids is 1. The predicted molar refractivity (Wildman–Crippen MR) is 105 cm³/mol. The second-order valence-corrected chi connectivity index (χ2v) is 7.92. The lowest BCUT2D eigenvalue weighted by molar-refractivity contribution is -0.115. The Bertz CT molecular complexity index is 1060. The molecule has 3 aromatic carbocycles. The third kappa shape index (κ3) is 4.16. The second kappa shape index (κ2) is 7.87. The van der Waals surface area contributed by atoms with Gasteiger partial charge in [0.05, 0.1) is 18.4 Å². The van der Waals surface area contributed by atoms with E-state index in [2.05, 4.69) is 5.32 Å². The van der Waals surface area contributed by atoms with Crippen molar-refractivity contribution in [3.63, 3.8) is 0 Å². The summed E-state index contributed by atoms with van der Waals surface area (Å²) in [5.74, 6) is -0.170. The molecule has 3 rings (SSSR count). The number of hydrogen-bond acceptors (Lipinski definition) is 4. The molecule has 6 nitrogen and oxygen atoms in total. The molecule has 0 aromatic heterocycles. The summed E-state index contributed by atoms with van der Waals surface area (Å²) in [6.45, 7) is 0. The Kier molecular flexibility index (Phi) is 5.55. The number of sulfonamides is 1. The largest absolute Gasteiger partial charge is 0.326 e. The van der Waals surface area contributed by atoms with Gasteiger partial charge in [-0.1, -0.05) is 46.9 Å². The number of fused-ring (bicyclic) bond motifs is 1. The van der Waals surface area contributed by atoms with Gasteiger partial charge < -0.3 is 5.32 Å². The quantitative estimate of drug-likeness (QED) is 0.662. The summed E-state index contributed by atoms with van der Waals surface area (Å²) in [7, 11) is -1.12. The fourth-order valence-corrected chi connectivity index (χ4v) is 3.75. The fraction of sp³-hybridized carbons (Fsp3) is 0.150. The first-order valence-electron chi connectivity index (χ1n) is 8.31. The van der Waals surface area contributed by atoms with E-state index < -0.39 is 10.0 Å². The number of hydrogen-bond donors (Lipinski definition) is 1. The molecule has 7 heteroatoms. The van der Waals surface area contributed by atoms with Crippen LogP contribution in [0.25, 0.3) is 10.8 Å². The number of rotatable bonds is 6. The third-order valence-corrected chi connectivity index (χ3v) is 5.96. The molecule has 1 amide bonds. The standard InChI is InChI=1S/C20H20N2O4S/c1-22(26-2)27(24,25)18-12-10-17(11-13-18)21-20(23)14-16-8-5-7-15-6-3-4-9-19(15)16/h3-13H,14H2,1-2H3,(H,21,23). The summed E-state index contributed by atoms with van der Waals surface area (Å²) in [4.78, 5) is 17.2. The molecule has 0 aliphatic carbocycles. The number of amides is 1. The van der Waals surface area contributed by atoms with E-state index in [0.717, 1.165) is 20.8 Å². The highest BCUT2D eigenvalue weighted by atomic mass is 32.2.